The Bertz CT molecular complexity index is 874. The largest absolute Gasteiger partial charge is 0.411 e. The van der Waals surface area contributed by atoms with Crippen LogP contribution in [0.2, 0.25) is 0 Å². The van der Waals surface area contributed by atoms with Crippen molar-refractivity contribution in [2.24, 2.45) is 0 Å². The smallest absolute Gasteiger partial charge is 0.277 e. The minimum absolute atomic E-state index is 0.107. The minimum Gasteiger partial charge on any atom is -0.411 e. The van der Waals surface area contributed by atoms with Gasteiger partial charge in [-0.2, -0.15) is 0 Å². The predicted molar refractivity (Wildman–Crippen MR) is 99.6 cm³/mol. The Morgan fingerprint density at radius 3 is 2.56 bits per heavy atom. The lowest BCUT2D eigenvalue weighted by Gasteiger charge is -2.10. The van der Waals surface area contributed by atoms with Gasteiger partial charge < -0.3 is 9.73 Å². The van der Waals surface area contributed by atoms with Crippen LogP contribution < -0.4 is 5.32 Å². The second kappa shape index (κ2) is 7.53. The Hall–Kier alpha value is -2.60. The Morgan fingerprint density at radius 2 is 1.84 bits per heavy atom. The highest BCUT2D eigenvalue weighted by molar-refractivity contribution is 8.00. The summed E-state index contributed by atoms with van der Waals surface area (Å²) in [4.78, 5) is 12.3. The van der Waals surface area contributed by atoms with Gasteiger partial charge in [0.25, 0.3) is 5.22 Å². The molecule has 1 atom stereocenters. The fraction of sp³-hybridized carbons (Fsp3) is 0.211. The molecule has 3 rings (SSSR count). The fourth-order valence-corrected chi connectivity index (χ4v) is 2.92. The summed E-state index contributed by atoms with van der Waals surface area (Å²) >= 11 is 1.24. The first-order chi connectivity index (χ1) is 12.0. The summed E-state index contributed by atoms with van der Waals surface area (Å²) in [5, 5.41) is 11.0. The first kappa shape index (κ1) is 17.2. The molecule has 2 aromatic carbocycles. The molecule has 0 radical (unpaired) electrons. The average Bonchev–Trinajstić information content (AvgIpc) is 3.05. The van der Waals surface area contributed by atoms with Crippen molar-refractivity contribution >= 4 is 23.4 Å². The number of thioether (sulfide) groups is 1. The molecule has 25 heavy (non-hydrogen) atoms. The number of aromatic nitrogens is 2. The molecule has 3 aromatic rings. The minimum atomic E-state index is -0.355. The van der Waals surface area contributed by atoms with Crippen molar-refractivity contribution in [1.29, 1.82) is 0 Å². The van der Waals surface area contributed by atoms with Crippen LogP contribution in [0.4, 0.5) is 5.69 Å². The lowest BCUT2D eigenvalue weighted by atomic mass is 10.1. The van der Waals surface area contributed by atoms with Gasteiger partial charge in [0.05, 0.1) is 5.25 Å². The molecular weight excluding hydrogens is 334 g/mol. The molecule has 1 aromatic heterocycles. The molecule has 1 heterocycles. The van der Waals surface area contributed by atoms with Crippen molar-refractivity contribution in [2.75, 3.05) is 5.32 Å². The Morgan fingerprint density at radius 1 is 1.08 bits per heavy atom. The van der Waals surface area contributed by atoms with E-state index < -0.39 is 0 Å². The van der Waals surface area contributed by atoms with Gasteiger partial charge in [0.1, 0.15) is 0 Å². The quantitative estimate of drug-likeness (QED) is 0.685. The zero-order chi connectivity index (χ0) is 17.8. The molecule has 0 unspecified atom stereocenters. The first-order valence-corrected chi connectivity index (χ1v) is 8.84. The third-order valence-corrected chi connectivity index (χ3v) is 4.57. The molecule has 1 amide bonds. The Balaban J connectivity index is 1.64. The lowest BCUT2D eigenvalue weighted by Crippen LogP contribution is -2.22. The molecular formula is C19H19N3O2S. The molecule has 1 N–H and O–H groups in total. The van der Waals surface area contributed by atoms with E-state index in [9.17, 15) is 4.79 Å². The van der Waals surface area contributed by atoms with Gasteiger partial charge in [-0.05, 0) is 45.0 Å². The number of rotatable bonds is 5. The monoisotopic (exact) mass is 353 g/mol. The summed E-state index contributed by atoms with van der Waals surface area (Å²) in [6.07, 6.45) is 0. The van der Waals surface area contributed by atoms with Crippen molar-refractivity contribution in [3.05, 3.63) is 59.7 Å². The first-order valence-electron chi connectivity index (χ1n) is 7.96. The van der Waals surface area contributed by atoms with E-state index in [1.165, 1.54) is 11.8 Å². The maximum atomic E-state index is 12.3. The van der Waals surface area contributed by atoms with Gasteiger partial charge in [0.15, 0.2) is 0 Å². The zero-order valence-electron chi connectivity index (χ0n) is 14.3. The van der Waals surface area contributed by atoms with E-state index in [4.69, 9.17) is 4.42 Å². The highest BCUT2D eigenvalue weighted by Gasteiger charge is 2.19. The van der Waals surface area contributed by atoms with Gasteiger partial charge >= 0.3 is 0 Å². The summed E-state index contributed by atoms with van der Waals surface area (Å²) in [6, 6.07) is 15.5. The maximum Gasteiger partial charge on any atom is 0.277 e. The predicted octanol–water partition coefficient (Wildman–Crippen LogP) is 4.47. The molecule has 0 aliphatic carbocycles. The highest BCUT2D eigenvalue weighted by atomic mass is 32.2. The molecule has 0 saturated carbocycles. The Labute approximate surface area is 150 Å². The molecule has 128 valence electrons. The number of benzene rings is 2. The molecule has 0 saturated heterocycles. The van der Waals surface area contributed by atoms with Crippen molar-refractivity contribution in [2.45, 2.75) is 31.2 Å². The van der Waals surface area contributed by atoms with Gasteiger partial charge in [-0.1, -0.05) is 47.2 Å². The van der Waals surface area contributed by atoms with E-state index in [0.29, 0.717) is 11.1 Å². The number of nitrogens with one attached hydrogen (secondary N) is 1. The molecule has 6 heteroatoms. The number of hydrogen-bond acceptors (Lipinski definition) is 5. The van der Waals surface area contributed by atoms with Gasteiger partial charge in [0.2, 0.25) is 11.8 Å². The summed E-state index contributed by atoms with van der Waals surface area (Å²) in [5.41, 5.74) is 3.91. The van der Waals surface area contributed by atoms with Crippen LogP contribution in [0.1, 0.15) is 18.1 Å². The third-order valence-electron chi connectivity index (χ3n) is 3.64. The summed E-state index contributed by atoms with van der Waals surface area (Å²) in [5.74, 6) is 0.349. The summed E-state index contributed by atoms with van der Waals surface area (Å²) in [7, 11) is 0. The van der Waals surface area contributed by atoms with Gasteiger partial charge in [0, 0.05) is 11.3 Å². The van der Waals surface area contributed by atoms with E-state index in [-0.39, 0.29) is 11.2 Å². The van der Waals surface area contributed by atoms with Crippen LogP contribution in [0.5, 0.6) is 0 Å². The van der Waals surface area contributed by atoms with E-state index in [1.54, 1.807) is 0 Å². The van der Waals surface area contributed by atoms with Crippen LogP contribution in [0.3, 0.4) is 0 Å². The van der Waals surface area contributed by atoms with Crippen LogP contribution in [-0.4, -0.2) is 21.4 Å². The number of carbonyl (C=O) groups excluding carboxylic acids is 1. The van der Waals surface area contributed by atoms with Crippen molar-refractivity contribution in [3.8, 4) is 11.5 Å². The third kappa shape index (κ3) is 4.48. The maximum absolute atomic E-state index is 12.3. The zero-order valence-corrected chi connectivity index (χ0v) is 15.1. The molecule has 0 aliphatic rings. The van der Waals surface area contributed by atoms with Crippen LogP contribution in [0.15, 0.2) is 58.2 Å². The number of nitrogens with zero attached hydrogens (tertiary/aromatic N) is 2. The second-order valence-corrected chi connectivity index (χ2v) is 7.15. The van der Waals surface area contributed by atoms with E-state index in [1.807, 2.05) is 69.3 Å². The van der Waals surface area contributed by atoms with Crippen molar-refractivity contribution in [3.63, 3.8) is 0 Å². The lowest BCUT2D eigenvalue weighted by molar-refractivity contribution is -0.115. The molecule has 0 aliphatic heterocycles. The van der Waals surface area contributed by atoms with Gasteiger partial charge in [-0.25, -0.2) is 0 Å². The SMILES string of the molecule is Cc1ccc(NC(=O)[C@H](C)Sc2nnc(-c3cccc(C)c3)o2)cc1. The average molecular weight is 353 g/mol. The summed E-state index contributed by atoms with van der Waals surface area (Å²) < 4.78 is 5.67. The van der Waals surface area contributed by atoms with E-state index in [0.717, 1.165) is 22.4 Å². The molecule has 0 bridgehead atoms. The van der Waals surface area contributed by atoms with Crippen molar-refractivity contribution in [1.82, 2.24) is 10.2 Å². The molecule has 0 spiro atoms. The number of amides is 1. The fourth-order valence-electron chi connectivity index (χ4n) is 2.24. The standard InChI is InChI=1S/C19H19N3O2S/c1-12-7-9-16(10-8-12)20-17(23)14(3)25-19-22-21-18(24-19)15-6-4-5-13(2)11-15/h4-11,14H,1-3H3,(H,20,23)/t14-/m0/s1. The van der Waals surface area contributed by atoms with Crippen LogP contribution >= 0.6 is 11.8 Å². The van der Waals surface area contributed by atoms with Crippen LogP contribution in [0.25, 0.3) is 11.5 Å². The van der Waals surface area contributed by atoms with Crippen molar-refractivity contribution < 1.29 is 9.21 Å². The van der Waals surface area contributed by atoms with E-state index in [2.05, 4.69) is 15.5 Å². The van der Waals surface area contributed by atoms with E-state index >= 15 is 0 Å². The molecule has 5 nitrogen and oxygen atoms in total. The summed E-state index contributed by atoms with van der Waals surface area (Å²) in [6.45, 7) is 5.82. The number of hydrogen-bond donors (Lipinski definition) is 1. The Kier molecular flexibility index (Phi) is 5.19. The van der Waals surface area contributed by atoms with Crippen LogP contribution in [-0.2, 0) is 4.79 Å². The number of carbonyl (C=O) groups is 1. The number of aryl methyl sites for hydroxylation is 2. The van der Waals surface area contributed by atoms with Gasteiger partial charge in [-0.3, -0.25) is 4.79 Å². The van der Waals surface area contributed by atoms with Crippen LogP contribution in [0, 0.1) is 13.8 Å². The number of anilines is 1. The normalized spacial score (nSPS) is 12.0. The van der Waals surface area contributed by atoms with Gasteiger partial charge in [-0.15, -0.1) is 10.2 Å². The highest BCUT2D eigenvalue weighted by Crippen LogP contribution is 2.27. The second-order valence-electron chi connectivity index (χ2n) is 5.86. The topological polar surface area (TPSA) is 68.0 Å². The molecule has 0 fully saturated rings.